The van der Waals surface area contributed by atoms with E-state index >= 15 is 0 Å². The van der Waals surface area contributed by atoms with E-state index in [1.165, 1.54) is 10.5 Å². The highest BCUT2D eigenvalue weighted by Crippen LogP contribution is 2.41. The van der Waals surface area contributed by atoms with Crippen LogP contribution in [0.25, 0.3) is 0 Å². The number of fused-ring (bicyclic) bond motifs is 2. The van der Waals surface area contributed by atoms with Gasteiger partial charge < -0.3 is 5.32 Å². The molecule has 1 saturated carbocycles. The van der Waals surface area contributed by atoms with E-state index in [1.54, 1.807) is 0 Å². The molecular weight excluding hydrogens is 340 g/mol. The van der Waals surface area contributed by atoms with E-state index in [2.05, 4.69) is 31.3 Å². The molecule has 27 heavy (non-hydrogen) atoms. The van der Waals surface area contributed by atoms with Crippen LogP contribution in [0.15, 0.2) is 24.3 Å². The van der Waals surface area contributed by atoms with Crippen LogP contribution >= 0.6 is 0 Å². The predicted molar refractivity (Wildman–Crippen MR) is 102 cm³/mol. The number of imide groups is 1. The highest BCUT2D eigenvalue weighted by Gasteiger charge is 2.48. The number of nitrogens with one attached hydrogen (secondary N) is 1. The first-order chi connectivity index (χ1) is 12.9. The first-order valence-electron chi connectivity index (χ1n) is 10.1. The normalized spacial score (nSPS) is 29.3. The van der Waals surface area contributed by atoms with Crippen molar-refractivity contribution >= 4 is 17.7 Å². The molecule has 3 aliphatic rings. The van der Waals surface area contributed by atoms with Crippen LogP contribution in [-0.2, 0) is 19.8 Å². The molecule has 5 heteroatoms. The van der Waals surface area contributed by atoms with Gasteiger partial charge in [0.1, 0.15) is 6.54 Å². The summed E-state index contributed by atoms with van der Waals surface area (Å²) in [4.78, 5) is 39.1. The van der Waals surface area contributed by atoms with Crippen molar-refractivity contribution < 1.29 is 14.4 Å². The van der Waals surface area contributed by atoms with Crippen LogP contribution in [0.2, 0.25) is 0 Å². The third-order valence-electron chi connectivity index (χ3n) is 6.69. The van der Waals surface area contributed by atoms with Gasteiger partial charge in [0.15, 0.2) is 0 Å². The Labute approximate surface area is 160 Å². The van der Waals surface area contributed by atoms with Crippen molar-refractivity contribution in [1.29, 1.82) is 0 Å². The number of carbonyl (C=O) groups is 3. The summed E-state index contributed by atoms with van der Waals surface area (Å²) in [5.74, 6) is -0.935. The second-order valence-electron chi connectivity index (χ2n) is 8.89. The molecule has 1 saturated heterocycles. The van der Waals surface area contributed by atoms with Crippen LogP contribution in [0.5, 0.6) is 0 Å². The van der Waals surface area contributed by atoms with E-state index in [9.17, 15) is 14.4 Å². The number of nitrogens with zero attached hydrogens (tertiary/aromatic N) is 1. The van der Waals surface area contributed by atoms with Gasteiger partial charge in [-0.1, -0.05) is 51.0 Å². The second-order valence-corrected chi connectivity index (χ2v) is 8.89. The van der Waals surface area contributed by atoms with Crippen molar-refractivity contribution in [2.45, 2.75) is 63.8 Å². The maximum atomic E-state index is 12.7. The maximum absolute atomic E-state index is 12.7. The molecule has 1 aromatic carbocycles. The quantitative estimate of drug-likeness (QED) is 0.834. The summed E-state index contributed by atoms with van der Waals surface area (Å²) < 4.78 is 0. The van der Waals surface area contributed by atoms with Crippen molar-refractivity contribution in [1.82, 2.24) is 10.2 Å². The van der Waals surface area contributed by atoms with Gasteiger partial charge in [-0.15, -0.1) is 0 Å². The van der Waals surface area contributed by atoms with Gasteiger partial charge in [-0.2, -0.15) is 0 Å². The largest absolute Gasteiger partial charge is 0.348 e. The molecule has 3 atom stereocenters. The van der Waals surface area contributed by atoms with Crippen molar-refractivity contribution in [3.63, 3.8) is 0 Å². The molecule has 3 unspecified atom stereocenters. The van der Waals surface area contributed by atoms with Gasteiger partial charge in [0, 0.05) is 0 Å². The first-order valence-corrected chi connectivity index (χ1v) is 10.1. The van der Waals surface area contributed by atoms with Crippen LogP contribution < -0.4 is 5.32 Å². The Bertz CT molecular complexity index is 762. The highest BCUT2D eigenvalue weighted by atomic mass is 16.2. The van der Waals surface area contributed by atoms with E-state index in [0.717, 1.165) is 44.1 Å². The lowest BCUT2D eigenvalue weighted by Crippen LogP contribution is -2.43. The van der Waals surface area contributed by atoms with Crippen LogP contribution in [0.1, 0.15) is 69.5 Å². The third kappa shape index (κ3) is 3.17. The van der Waals surface area contributed by atoms with Crippen LogP contribution in [0.4, 0.5) is 0 Å². The number of rotatable bonds is 3. The average Bonchev–Trinajstić information content (AvgIpc) is 2.90. The van der Waals surface area contributed by atoms with Gasteiger partial charge in [-0.25, -0.2) is 0 Å². The van der Waals surface area contributed by atoms with Crippen molar-refractivity contribution in [3.05, 3.63) is 35.4 Å². The molecule has 2 fully saturated rings. The molecule has 4 rings (SSSR count). The van der Waals surface area contributed by atoms with E-state index in [0.29, 0.717) is 0 Å². The molecule has 2 aliphatic carbocycles. The van der Waals surface area contributed by atoms with Crippen molar-refractivity contribution in [3.8, 4) is 0 Å². The van der Waals surface area contributed by atoms with Crippen LogP contribution in [0.3, 0.4) is 0 Å². The lowest BCUT2D eigenvalue weighted by atomic mass is 9.71. The van der Waals surface area contributed by atoms with Gasteiger partial charge >= 0.3 is 0 Å². The minimum atomic E-state index is -0.241. The molecule has 0 spiro atoms. The van der Waals surface area contributed by atoms with Gasteiger partial charge in [0.05, 0.1) is 17.9 Å². The van der Waals surface area contributed by atoms with Gasteiger partial charge in [0.2, 0.25) is 17.7 Å². The molecule has 1 heterocycles. The molecule has 1 aromatic rings. The zero-order valence-corrected chi connectivity index (χ0v) is 16.2. The fourth-order valence-electron chi connectivity index (χ4n) is 5.13. The Morgan fingerprint density at radius 1 is 1.07 bits per heavy atom. The Balaban J connectivity index is 1.46. The van der Waals surface area contributed by atoms with E-state index in [4.69, 9.17) is 0 Å². The summed E-state index contributed by atoms with van der Waals surface area (Å²) in [7, 11) is 0. The highest BCUT2D eigenvalue weighted by molar-refractivity contribution is 6.07. The fraction of sp³-hybridized carbons (Fsp3) is 0.591. The molecule has 1 N–H and O–H groups in total. The lowest BCUT2D eigenvalue weighted by Gasteiger charge is -2.37. The molecular formula is C22H28N2O3. The summed E-state index contributed by atoms with van der Waals surface area (Å²) >= 11 is 0. The number of hydrogen-bond donors (Lipinski definition) is 1. The Hall–Kier alpha value is -2.17. The Morgan fingerprint density at radius 2 is 1.70 bits per heavy atom. The minimum absolute atomic E-state index is 0.0585. The summed E-state index contributed by atoms with van der Waals surface area (Å²) in [6, 6.07) is 8.18. The monoisotopic (exact) mass is 368 g/mol. The molecule has 144 valence electrons. The van der Waals surface area contributed by atoms with E-state index in [1.807, 2.05) is 12.1 Å². The van der Waals surface area contributed by atoms with Crippen LogP contribution in [0, 0.1) is 11.8 Å². The summed E-state index contributed by atoms with van der Waals surface area (Å²) in [5.41, 5.74) is 2.50. The SMILES string of the molecule is CC1(C)CCC(NC(=O)CN2C(=O)C3CCCCC3C2=O)c2ccccc21. The number of benzene rings is 1. The van der Waals surface area contributed by atoms with Crippen molar-refractivity contribution in [2.24, 2.45) is 11.8 Å². The zero-order chi connectivity index (χ0) is 19.2. The van der Waals surface area contributed by atoms with Crippen LogP contribution in [-0.4, -0.2) is 29.2 Å². The predicted octanol–water partition coefficient (Wildman–Crippen LogP) is 3.09. The summed E-state index contributed by atoms with van der Waals surface area (Å²) in [6.45, 7) is 4.31. The number of likely N-dealkylation sites (tertiary alicyclic amines) is 1. The standard InChI is InChI=1S/C22H28N2O3/c1-22(2)12-11-18(16-9-5-6-10-17(16)22)23-19(25)13-24-20(26)14-7-3-4-8-15(14)21(24)27/h5-6,9-10,14-15,18H,3-4,7-8,11-13H2,1-2H3,(H,23,25). The molecule has 0 bridgehead atoms. The number of amides is 3. The van der Waals surface area contributed by atoms with Gasteiger partial charge in [0.25, 0.3) is 0 Å². The molecule has 0 aromatic heterocycles. The second kappa shape index (κ2) is 6.77. The van der Waals surface area contributed by atoms with E-state index in [-0.39, 0.29) is 47.6 Å². The summed E-state index contributed by atoms with van der Waals surface area (Å²) in [5, 5.41) is 3.08. The van der Waals surface area contributed by atoms with Gasteiger partial charge in [-0.05, 0) is 42.2 Å². The Morgan fingerprint density at radius 3 is 2.37 bits per heavy atom. The smallest absolute Gasteiger partial charge is 0.240 e. The maximum Gasteiger partial charge on any atom is 0.240 e. The third-order valence-corrected chi connectivity index (χ3v) is 6.69. The molecule has 0 radical (unpaired) electrons. The van der Waals surface area contributed by atoms with E-state index < -0.39 is 0 Å². The molecule has 3 amide bonds. The first kappa shape index (κ1) is 18.2. The van der Waals surface area contributed by atoms with Crippen molar-refractivity contribution in [2.75, 3.05) is 6.54 Å². The summed E-state index contributed by atoms with van der Waals surface area (Å²) in [6.07, 6.45) is 5.39. The minimum Gasteiger partial charge on any atom is -0.348 e. The topological polar surface area (TPSA) is 66.5 Å². The number of hydrogen-bond acceptors (Lipinski definition) is 3. The Kier molecular flexibility index (Phi) is 4.57. The molecule has 1 aliphatic heterocycles. The fourth-order valence-corrected chi connectivity index (χ4v) is 5.13. The van der Waals surface area contributed by atoms with Gasteiger partial charge in [-0.3, -0.25) is 19.3 Å². The average molecular weight is 368 g/mol. The zero-order valence-electron chi connectivity index (χ0n) is 16.2. The molecule has 5 nitrogen and oxygen atoms in total. The number of carbonyl (C=O) groups excluding carboxylic acids is 3. The lowest BCUT2D eigenvalue weighted by molar-refractivity contribution is -0.143.